The van der Waals surface area contributed by atoms with Gasteiger partial charge < -0.3 is 0 Å². The molecule has 0 amide bonds. The summed E-state index contributed by atoms with van der Waals surface area (Å²) in [5.74, 6) is 2.05. The minimum atomic E-state index is -3.51. The van der Waals surface area contributed by atoms with Crippen molar-refractivity contribution in [3.63, 3.8) is 0 Å². The molecule has 1 aromatic rings. The van der Waals surface area contributed by atoms with E-state index in [0.29, 0.717) is 18.4 Å². The molecule has 0 aromatic heterocycles. The first kappa shape index (κ1) is 15.8. The van der Waals surface area contributed by atoms with Crippen LogP contribution >= 0.6 is 27.5 Å². The summed E-state index contributed by atoms with van der Waals surface area (Å²) in [4.78, 5) is 0.193. The van der Waals surface area contributed by atoms with Crippen LogP contribution in [0.2, 0.25) is 5.02 Å². The summed E-state index contributed by atoms with van der Waals surface area (Å²) in [6, 6.07) is 4.91. The van der Waals surface area contributed by atoms with Crippen LogP contribution in [0.4, 0.5) is 0 Å². The predicted molar refractivity (Wildman–Crippen MR) is 87.9 cm³/mol. The van der Waals surface area contributed by atoms with Gasteiger partial charge in [0.2, 0.25) is 10.0 Å². The van der Waals surface area contributed by atoms with E-state index >= 15 is 0 Å². The van der Waals surface area contributed by atoms with Crippen molar-refractivity contribution in [2.45, 2.75) is 30.6 Å². The Bertz CT molecular complexity index is 649. The van der Waals surface area contributed by atoms with E-state index in [1.165, 1.54) is 30.0 Å². The van der Waals surface area contributed by atoms with Gasteiger partial charge in [0.15, 0.2) is 0 Å². The Kier molecular flexibility index (Phi) is 4.39. The summed E-state index contributed by atoms with van der Waals surface area (Å²) in [6.45, 7) is 0.607. The molecule has 3 unspecified atom stereocenters. The highest BCUT2D eigenvalue weighted by Crippen LogP contribution is 2.48. The number of fused-ring (bicyclic) bond motifs is 2. The van der Waals surface area contributed by atoms with E-state index in [-0.39, 0.29) is 9.92 Å². The molecule has 21 heavy (non-hydrogen) atoms. The van der Waals surface area contributed by atoms with Gasteiger partial charge in [-0.15, -0.1) is 0 Å². The van der Waals surface area contributed by atoms with Gasteiger partial charge in [0.25, 0.3) is 0 Å². The standard InChI is InChI=1S/C15H19BrClNO2S/c1-18(9-12-7-10-2-3-11(12)6-10)21(19,20)15-5-4-13(16)8-14(15)17/h4-5,8,10-12H,2-3,6-7,9H2,1H3. The fourth-order valence-electron chi connectivity index (χ4n) is 3.88. The van der Waals surface area contributed by atoms with Crippen LogP contribution < -0.4 is 0 Å². The highest BCUT2D eigenvalue weighted by atomic mass is 79.9. The lowest BCUT2D eigenvalue weighted by Crippen LogP contribution is -2.34. The SMILES string of the molecule is CN(CC1CC2CCC1C2)S(=O)(=O)c1ccc(Br)cc1Cl. The molecule has 116 valence electrons. The quantitative estimate of drug-likeness (QED) is 0.771. The third-order valence-corrected chi connectivity index (χ3v) is 7.76. The third-order valence-electron chi connectivity index (χ3n) is 4.96. The van der Waals surface area contributed by atoms with Gasteiger partial charge in [-0.3, -0.25) is 0 Å². The van der Waals surface area contributed by atoms with Gasteiger partial charge in [-0.1, -0.05) is 34.0 Å². The van der Waals surface area contributed by atoms with Gasteiger partial charge in [-0.05, 0) is 55.2 Å². The number of nitrogens with zero attached hydrogens (tertiary/aromatic N) is 1. The summed E-state index contributed by atoms with van der Waals surface area (Å²) < 4.78 is 27.6. The molecule has 3 rings (SSSR count). The second-order valence-corrected chi connectivity index (χ2v) is 9.63. The first-order valence-electron chi connectivity index (χ1n) is 7.29. The van der Waals surface area contributed by atoms with Crippen LogP contribution in [-0.4, -0.2) is 26.3 Å². The minimum absolute atomic E-state index is 0.193. The zero-order chi connectivity index (χ0) is 15.2. The Balaban J connectivity index is 1.78. The van der Waals surface area contributed by atoms with Gasteiger partial charge in [-0.2, -0.15) is 0 Å². The molecule has 0 saturated heterocycles. The second-order valence-electron chi connectivity index (χ2n) is 6.30. The fraction of sp³-hybridized carbons (Fsp3) is 0.600. The summed E-state index contributed by atoms with van der Waals surface area (Å²) >= 11 is 9.40. The molecule has 0 aliphatic heterocycles. The zero-order valence-electron chi connectivity index (χ0n) is 11.9. The lowest BCUT2D eigenvalue weighted by Gasteiger charge is -2.27. The van der Waals surface area contributed by atoms with Crippen LogP contribution in [-0.2, 0) is 10.0 Å². The summed E-state index contributed by atoms with van der Waals surface area (Å²) in [6.07, 6.45) is 5.06. The summed E-state index contributed by atoms with van der Waals surface area (Å²) in [7, 11) is -1.84. The molecular weight excluding hydrogens is 374 g/mol. The number of hydrogen-bond donors (Lipinski definition) is 0. The predicted octanol–water partition coefficient (Wildman–Crippen LogP) is 4.16. The Morgan fingerprint density at radius 1 is 1.33 bits per heavy atom. The average Bonchev–Trinajstić information content (AvgIpc) is 3.00. The molecule has 3 nitrogen and oxygen atoms in total. The van der Waals surface area contributed by atoms with Crippen molar-refractivity contribution in [1.29, 1.82) is 0 Å². The Hall–Kier alpha value is -0.100. The van der Waals surface area contributed by atoms with Crippen LogP contribution in [0.3, 0.4) is 0 Å². The van der Waals surface area contributed by atoms with Crippen LogP contribution in [0, 0.1) is 17.8 Å². The van der Waals surface area contributed by atoms with Gasteiger partial charge >= 0.3 is 0 Å². The van der Waals surface area contributed by atoms with Gasteiger partial charge in [0, 0.05) is 18.1 Å². The lowest BCUT2D eigenvalue weighted by atomic mass is 9.89. The van der Waals surface area contributed by atoms with Crippen LogP contribution in [0.1, 0.15) is 25.7 Å². The van der Waals surface area contributed by atoms with Gasteiger partial charge in [-0.25, -0.2) is 12.7 Å². The third kappa shape index (κ3) is 3.03. The Labute approximate surface area is 139 Å². The van der Waals surface area contributed by atoms with E-state index in [1.807, 2.05) is 0 Å². The summed E-state index contributed by atoms with van der Waals surface area (Å²) in [5.41, 5.74) is 0. The molecular formula is C15H19BrClNO2S. The van der Waals surface area contributed by atoms with Crippen molar-refractivity contribution in [1.82, 2.24) is 4.31 Å². The number of halogens is 2. The molecule has 2 bridgehead atoms. The van der Waals surface area contributed by atoms with E-state index in [9.17, 15) is 8.42 Å². The van der Waals surface area contributed by atoms with E-state index < -0.39 is 10.0 Å². The molecule has 2 aliphatic rings. The molecule has 0 N–H and O–H groups in total. The van der Waals surface area contributed by atoms with Crippen LogP contribution in [0.15, 0.2) is 27.6 Å². The van der Waals surface area contributed by atoms with Crippen molar-refractivity contribution < 1.29 is 8.42 Å². The van der Waals surface area contributed by atoms with Gasteiger partial charge in [0.05, 0.1) is 5.02 Å². The molecule has 1 aromatic carbocycles. The maximum Gasteiger partial charge on any atom is 0.244 e. The average molecular weight is 393 g/mol. The molecule has 0 heterocycles. The van der Waals surface area contributed by atoms with E-state index in [2.05, 4.69) is 15.9 Å². The summed E-state index contributed by atoms with van der Waals surface area (Å²) in [5, 5.41) is 0.268. The first-order chi connectivity index (χ1) is 9.88. The molecule has 0 radical (unpaired) electrons. The molecule has 3 atom stereocenters. The smallest absolute Gasteiger partial charge is 0.207 e. The maximum absolute atomic E-state index is 12.7. The first-order valence-corrected chi connectivity index (χ1v) is 9.90. The number of hydrogen-bond acceptors (Lipinski definition) is 2. The second kappa shape index (κ2) is 5.84. The normalized spacial score (nSPS) is 28.5. The largest absolute Gasteiger partial charge is 0.244 e. The van der Waals surface area contributed by atoms with Crippen molar-refractivity contribution >= 4 is 37.6 Å². The highest BCUT2D eigenvalue weighted by molar-refractivity contribution is 9.10. The van der Waals surface area contributed by atoms with E-state index in [1.54, 1.807) is 25.2 Å². The van der Waals surface area contributed by atoms with E-state index in [4.69, 9.17) is 11.6 Å². The monoisotopic (exact) mass is 391 g/mol. The van der Waals surface area contributed by atoms with Crippen molar-refractivity contribution in [3.8, 4) is 0 Å². The molecule has 2 fully saturated rings. The van der Waals surface area contributed by atoms with Gasteiger partial charge in [0.1, 0.15) is 4.90 Å². The molecule has 6 heteroatoms. The van der Waals surface area contributed by atoms with Crippen LogP contribution in [0.5, 0.6) is 0 Å². The number of sulfonamides is 1. The molecule has 2 aliphatic carbocycles. The van der Waals surface area contributed by atoms with Crippen molar-refractivity contribution in [2.24, 2.45) is 17.8 Å². The van der Waals surface area contributed by atoms with Crippen molar-refractivity contribution in [2.75, 3.05) is 13.6 Å². The Morgan fingerprint density at radius 3 is 2.67 bits per heavy atom. The fourth-order valence-corrected chi connectivity index (χ4v) is 6.12. The number of rotatable bonds is 4. The lowest BCUT2D eigenvalue weighted by molar-refractivity contribution is 0.280. The Morgan fingerprint density at radius 2 is 2.10 bits per heavy atom. The highest BCUT2D eigenvalue weighted by Gasteiger charge is 2.41. The minimum Gasteiger partial charge on any atom is -0.207 e. The molecule has 2 saturated carbocycles. The number of benzene rings is 1. The van der Waals surface area contributed by atoms with E-state index in [0.717, 1.165) is 10.4 Å². The zero-order valence-corrected chi connectivity index (χ0v) is 15.1. The topological polar surface area (TPSA) is 37.4 Å². The van der Waals surface area contributed by atoms with Crippen molar-refractivity contribution in [3.05, 3.63) is 27.7 Å². The van der Waals surface area contributed by atoms with Crippen LogP contribution in [0.25, 0.3) is 0 Å². The maximum atomic E-state index is 12.7. The molecule has 0 spiro atoms.